The van der Waals surface area contributed by atoms with Crippen LogP contribution in [0, 0.1) is 5.92 Å². The molecule has 2 unspecified atom stereocenters. The molecule has 1 aromatic rings. The summed E-state index contributed by atoms with van der Waals surface area (Å²) in [6, 6.07) is 6.49. The van der Waals surface area contributed by atoms with Crippen molar-refractivity contribution < 1.29 is 0 Å². The molecule has 0 amide bonds. The second-order valence-corrected chi connectivity index (χ2v) is 6.35. The van der Waals surface area contributed by atoms with Gasteiger partial charge in [0, 0.05) is 23.2 Å². The minimum atomic E-state index is 0.397. The molecule has 4 heteroatoms. The Balaban J connectivity index is 2.12. The highest BCUT2D eigenvalue weighted by Gasteiger charge is 2.24. The highest BCUT2D eigenvalue weighted by atomic mass is 35.5. The van der Waals surface area contributed by atoms with E-state index in [4.69, 9.17) is 29.6 Å². The van der Waals surface area contributed by atoms with Crippen molar-refractivity contribution >= 4 is 28.8 Å². The van der Waals surface area contributed by atoms with Gasteiger partial charge in [0.25, 0.3) is 0 Å². The highest BCUT2D eigenvalue weighted by molar-refractivity contribution is 7.80. The topological polar surface area (TPSA) is 29.3 Å². The molecule has 104 valence electrons. The Morgan fingerprint density at radius 1 is 1.47 bits per heavy atom. The molecule has 2 atom stereocenters. The van der Waals surface area contributed by atoms with Crippen LogP contribution in [-0.4, -0.2) is 22.5 Å². The van der Waals surface area contributed by atoms with Crippen molar-refractivity contribution in [3.05, 3.63) is 34.3 Å². The largest absolute Gasteiger partial charge is 0.389 e. The minimum absolute atomic E-state index is 0.397. The molecule has 19 heavy (non-hydrogen) atoms. The number of thiocarbonyl (C=S) groups is 1. The smallest absolute Gasteiger partial charge is 0.104 e. The number of piperidine rings is 1. The van der Waals surface area contributed by atoms with Gasteiger partial charge >= 0.3 is 0 Å². The van der Waals surface area contributed by atoms with E-state index >= 15 is 0 Å². The summed E-state index contributed by atoms with van der Waals surface area (Å²) < 4.78 is 0. The Morgan fingerprint density at radius 2 is 2.21 bits per heavy atom. The van der Waals surface area contributed by atoms with Gasteiger partial charge in [0.15, 0.2) is 0 Å². The zero-order chi connectivity index (χ0) is 14.0. The van der Waals surface area contributed by atoms with Gasteiger partial charge in [-0.15, -0.1) is 0 Å². The predicted octanol–water partition coefficient (Wildman–Crippen LogP) is 3.59. The fourth-order valence-electron chi connectivity index (χ4n) is 2.69. The second-order valence-electron chi connectivity index (χ2n) is 5.50. The molecule has 1 saturated heterocycles. The number of likely N-dealkylation sites (tertiary alicyclic amines) is 1. The van der Waals surface area contributed by atoms with Crippen molar-refractivity contribution in [3.63, 3.8) is 0 Å². The van der Waals surface area contributed by atoms with Gasteiger partial charge in [0.2, 0.25) is 0 Å². The van der Waals surface area contributed by atoms with Crippen LogP contribution in [0.5, 0.6) is 0 Å². The zero-order valence-electron chi connectivity index (χ0n) is 11.5. The first-order valence-electron chi connectivity index (χ1n) is 6.81. The van der Waals surface area contributed by atoms with Crippen LogP contribution in [0.15, 0.2) is 18.2 Å². The number of hydrogen-bond donors (Lipinski definition) is 1. The fraction of sp³-hybridized carbons (Fsp3) is 0.533. The maximum Gasteiger partial charge on any atom is 0.104 e. The summed E-state index contributed by atoms with van der Waals surface area (Å²) in [7, 11) is 0. The molecule has 0 bridgehead atoms. The van der Waals surface area contributed by atoms with E-state index in [9.17, 15) is 0 Å². The second kappa shape index (κ2) is 6.21. The van der Waals surface area contributed by atoms with E-state index in [1.165, 1.54) is 12.8 Å². The maximum absolute atomic E-state index is 6.33. The molecule has 2 N–H and O–H groups in total. The van der Waals surface area contributed by atoms with Gasteiger partial charge < -0.3 is 5.73 Å². The molecule has 0 saturated carbocycles. The quantitative estimate of drug-likeness (QED) is 0.864. The summed E-state index contributed by atoms with van der Waals surface area (Å²) in [4.78, 5) is 2.91. The van der Waals surface area contributed by atoms with Gasteiger partial charge in [-0.3, -0.25) is 4.90 Å². The molecule has 0 aliphatic carbocycles. The molecule has 1 aliphatic heterocycles. The Hall–Kier alpha value is -0.640. The van der Waals surface area contributed by atoms with Crippen LogP contribution in [0.4, 0.5) is 0 Å². The number of halogens is 1. The molecule has 2 rings (SSSR count). The van der Waals surface area contributed by atoms with E-state index in [1.54, 1.807) is 0 Å². The standard InChI is InChI=1S/C15H21ClN2S/c1-10-4-3-7-18(11(10)2)9-13-6-5-12(15(17)19)8-14(13)16/h5-6,8,10-11H,3-4,7,9H2,1-2H3,(H2,17,19). The molecule has 2 nitrogen and oxygen atoms in total. The van der Waals surface area contributed by atoms with Crippen molar-refractivity contribution in [2.75, 3.05) is 6.54 Å². The summed E-state index contributed by atoms with van der Waals surface area (Å²) in [5.74, 6) is 0.753. The fourth-order valence-corrected chi connectivity index (χ4v) is 3.06. The first-order chi connectivity index (χ1) is 8.99. The number of hydrogen-bond acceptors (Lipinski definition) is 2. The van der Waals surface area contributed by atoms with Crippen LogP contribution in [0.3, 0.4) is 0 Å². The van der Waals surface area contributed by atoms with Gasteiger partial charge in [-0.1, -0.05) is 42.9 Å². The number of nitrogens with two attached hydrogens (primary N) is 1. The van der Waals surface area contributed by atoms with Crippen LogP contribution in [0.2, 0.25) is 5.02 Å². The van der Waals surface area contributed by atoms with E-state index in [2.05, 4.69) is 18.7 Å². The van der Waals surface area contributed by atoms with E-state index in [0.717, 1.165) is 35.2 Å². The first-order valence-corrected chi connectivity index (χ1v) is 7.60. The van der Waals surface area contributed by atoms with E-state index < -0.39 is 0 Å². The number of nitrogens with zero attached hydrogens (tertiary/aromatic N) is 1. The van der Waals surface area contributed by atoms with Crippen LogP contribution < -0.4 is 5.73 Å². The van der Waals surface area contributed by atoms with Crippen molar-refractivity contribution in [2.24, 2.45) is 11.7 Å². The summed E-state index contributed by atoms with van der Waals surface area (Å²) in [6.45, 7) is 6.69. The van der Waals surface area contributed by atoms with Crippen LogP contribution in [0.1, 0.15) is 37.8 Å². The van der Waals surface area contributed by atoms with Crippen molar-refractivity contribution in [1.29, 1.82) is 0 Å². The summed E-state index contributed by atoms with van der Waals surface area (Å²) in [6.07, 6.45) is 2.60. The SMILES string of the molecule is CC1CCCN(Cc2ccc(C(N)=S)cc2Cl)C1C. The molecule has 0 aromatic heterocycles. The maximum atomic E-state index is 6.33. The monoisotopic (exact) mass is 296 g/mol. The van der Waals surface area contributed by atoms with Crippen LogP contribution in [0.25, 0.3) is 0 Å². The van der Waals surface area contributed by atoms with Gasteiger partial charge in [-0.2, -0.15) is 0 Å². The third kappa shape index (κ3) is 3.47. The lowest BCUT2D eigenvalue weighted by Crippen LogP contribution is -2.41. The van der Waals surface area contributed by atoms with E-state index in [1.807, 2.05) is 18.2 Å². The van der Waals surface area contributed by atoms with Gasteiger partial charge in [-0.05, 0) is 43.9 Å². The zero-order valence-corrected chi connectivity index (χ0v) is 13.1. The van der Waals surface area contributed by atoms with Crippen molar-refractivity contribution in [2.45, 2.75) is 39.3 Å². The van der Waals surface area contributed by atoms with Gasteiger partial charge in [0.05, 0.1) is 0 Å². The third-order valence-corrected chi connectivity index (χ3v) is 4.80. The molecular weight excluding hydrogens is 276 g/mol. The van der Waals surface area contributed by atoms with Crippen molar-refractivity contribution in [1.82, 2.24) is 4.90 Å². The Bertz CT molecular complexity index is 475. The average molecular weight is 297 g/mol. The normalized spacial score (nSPS) is 24.4. The molecule has 1 aliphatic rings. The molecular formula is C15H21ClN2S. The number of rotatable bonds is 3. The lowest BCUT2D eigenvalue weighted by atomic mass is 9.91. The molecule has 1 fully saturated rings. The molecule has 0 spiro atoms. The molecule has 0 radical (unpaired) electrons. The Morgan fingerprint density at radius 3 is 2.84 bits per heavy atom. The summed E-state index contributed by atoms with van der Waals surface area (Å²) in [5.41, 5.74) is 7.61. The molecule has 1 aromatic carbocycles. The summed E-state index contributed by atoms with van der Waals surface area (Å²) in [5, 5.41) is 0.760. The molecule has 1 heterocycles. The Kier molecular flexibility index (Phi) is 4.82. The van der Waals surface area contributed by atoms with E-state index in [0.29, 0.717) is 11.0 Å². The summed E-state index contributed by atoms with van der Waals surface area (Å²) >= 11 is 11.3. The number of benzene rings is 1. The predicted molar refractivity (Wildman–Crippen MR) is 85.6 cm³/mol. The Labute approximate surface area is 125 Å². The van der Waals surface area contributed by atoms with Crippen LogP contribution >= 0.6 is 23.8 Å². The lowest BCUT2D eigenvalue weighted by molar-refractivity contribution is 0.106. The minimum Gasteiger partial charge on any atom is -0.389 e. The van der Waals surface area contributed by atoms with Gasteiger partial charge in [0.1, 0.15) is 4.99 Å². The lowest BCUT2D eigenvalue weighted by Gasteiger charge is -2.38. The first kappa shape index (κ1) is 14.8. The van der Waals surface area contributed by atoms with Crippen molar-refractivity contribution in [3.8, 4) is 0 Å². The van der Waals surface area contributed by atoms with Crippen LogP contribution in [-0.2, 0) is 6.54 Å². The highest BCUT2D eigenvalue weighted by Crippen LogP contribution is 2.27. The third-order valence-electron chi connectivity index (χ3n) is 4.22. The average Bonchev–Trinajstić information content (AvgIpc) is 2.37. The van der Waals surface area contributed by atoms with E-state index in [-0.39, 0.29) is 0 Å². The van der Waals surface area contributed by atoms with Gasteiger partial charge in [-0.25, -0.2) is 0 Å².